The Morgan fingerprint density at radius 2 is 1.45 bits per heavy atom. The number of hydrogen-bond acceptors (Lipinski definition) is 1. The van der Waals surface area contributed by atoms with Crippen molar-refractivity contribution in [1.82, 2.24) is 9.55 Å². The SMILES string of the molecule is CC1CC=Cc2cc(-c3c4ccccc4c(C4=CC5(C)C=CC=CC5C=C4)c4ccc(-c5nc6ccccc6n5-c5ccccc5)cc34)ccc21. The minimum absolute atomic E-state index is 0.0765. The Balaban J connectivity index is 1.30. The summed E-state index contributed by atoms with van der Waals surface area (Å²) in [6.07, 6.45) is 22.0. The summed E-state index contributed by atoms with van der Waals surface area (Å²) in [5.74, 6) is 1.82. The highest BCUT2D eigenvalue weighted by atomic mass is 15.1. The highest BCUT2D eigenvalue weighted by Crippen LogP contribution is 2.48. The Bertz CT molecular complexity index is 2700. The number of para-hydroxylation sites is 3. The van der Waals surface area contributed by atoms with Gasteiger partial charge >= 0.3 is 0 Å². The van der Waals surface area contributed by atoms with Gasteiger partial charge in [0.05, 0.1) is 11.0 Å². The van der Waals surface area contributed by atoms with Crippen molar-refractivity contribution < 1.29 is 0 Å². The van der Waals surface area contributed by atoms with E-state index in [1.807, 2.05) is 0 Å². The number of fused-ring (bicyclic) bond motifs is 5. The van der Waals surface area contributed by atoms with Crippen LogP contribution in [0.3, 0.4) is 0 Å². The summed E-state index contributed by atoms with van der Waals surface area (Å²) in [4.78, 5) is 5.28. The highest BCUT2D eigenvalue weighted by molar-refractivity contribution is 6.20. The quantitative estimate of drug-likeness (QED) is 0.173. The van der Waals surface area contributed by atoms with Crippen molar-refractivity contribution in [3.63, 3.8) is 0 Å². The van der Waals surface area contributed by atoms with Gasteiger partial charge in [-0.05, 0) is 104 Å². The Hall–Kier alpha value is -5.99. The zero-order chi connectivity index (χ0) is 34.1. The lowest BCUT2D eigenvalue weighted by molar-refractivity contribution is 0.454. The van der Waals surface area contributed by atoms with E-state index < -0.39 is 0 Å². The molecular formula is C49H38N2. The molecule has 10 rings (SSSR count). The first-order valence-corrected chi connectivity index (χ1v) is 18.2. The van der Waals surface area contributed by atoms with Gasteiger partial charge in [0.15, 0.2) is 0 Å². The summed E-state index contributed by atoms with van der Waals surface area (Å²) < 4.78 is 2.31. The van der Waals surface area contributed by atoms with Gasteiger partial charge in [-0.3, -0.25) is 4.57 Å². The van der Waals surface area contributed by atoms with Crippen LogP contribution in [-0.2, 0) is 0 Å². The minimum Gasteiger partial charge on any atom is -0.292 e. The van der Waals surface area contributed by atoms with E-state index in [-0.39, 0.29) is 5.41 Å². The van der Waals surface area contributed by atoms with Crippen LogP contribution in [0.5, 0.6) is 0 Å². The van der Waals surface area contributed by atoms with Gasteiger partial charge in [-0.1, -0.05) is 147 Å². The van der Waals surface area contributed by atoms with E-state index in [4.69, 9.17) is 4.98 Å². The fourth-order valence-corrected chi connectivity index (χ4v) is 8.77. The highest BCUT2D eigenvalue weighted by Gasteiger charge is 2.32. The molecule has 0 saturated heterocycles. The number of benzene rings is 6. The molecule has 7 aromatic rings. The summed E-state index contributed by atoms with van der Waals surface area (Å²) >= 11 is 0. The second-order valence-electron chi connectivity index (χ2n) is 14.6. The number of rotatable bonds is 4. The van der Waals surface area contributed by atoms with E-state index in [2.05, 4.69) is 188 Å². The van der Waals surface area contributed by atoms with E-state index in [9.17, 15) is 0 Å². The summed E-state index contributed by atoms with van der Waals surface area (Å²) in [7, 11) is 0. The normalized spacial score (nSPS) is 20.5. The lowest BCUT2D eigenvalue weighted by Gasteiger charge is -2.34. The lowest BCUT2D eigenvalue weighted by atomic mass is 9.69. The molecule has 3 aliphatic carbocycles. The first-order valence-electron chi connectivity index (χ1n) is 18.2. The van der Waals surface area contributed by atoms with Crippen molar-refractivity contribution in [1.29, 1.82) is 0 Å². The van der Waals surface area contributed by atoms with Crippen LogP contribution in [0.1, 0.15) is 42.9 Å². The molecule has 0 radical (unpaired) electrons. The van der Waals surface area contributed by atoms with Crippen LogP contribution in [0.2, 0.25) is 0 Å². The van der Waals surface area contributed by atoms with Crippen molar-refractivity contribution in [3.8, 4) is 28.2 Å². The fraction of sp³-hybridized carbons (Fsp3) is 0.122. The van der Waals surface area contributed by atoms with Gasteiger partial charge < -0.3 is 0 Å². The average Bonchev–Trinajstić information content (AvgIpc) is 3.56. The number of allylic oxidation sites excluding steroid dienone is 9. The molecule has 2 heteroatoms. The topological polar surface area (TPSA) is 17.8 Å². The predicted molar refractivity (Wildman–Crippen MR) is 216 cm³/mol. The number of nitrogens with zero attached hydrogens (tertiary/aromatic N) is 2. The third-order valence-corrected chi connectivity index (χ3v) is 11.4. The van der Waals surface area contributed by atoms with Crippen molar-refractivity contribution in [2.24, 2.45) is 11.3 Å². The van der Waals surface area contributed by atoms with Crippen molar-refractivity contribution in [2.75, 3.05) is 0 Å². The molecule has 0 saturated carbocycles. The molecule has 1 aromatic heterocycles. The Labute approximate surface area is 299 Å². The Morgan fingerprint density at radius 1 is 0.686 bits per heavy atom. The summed E-state index contributed by atoms with van der Waals surface area (Å²) in [5, 5.41) is 5.03. The largest absolute Gasteiger partial charge is 0.292 e. The first kappa shape index (κ1) is 29.9. The molecule has 0 fully saturated rings. The van der Waals surface area contributed by atoms with Gasteiger partial charge in [-0.15, -0.1) is 0 Å². The molecular weight excluding hydrogens is 617 g/mol. The first-order chi connectivity index (χ1) is 25.1. The lowest BCUT2D eigenvalue weighted by Crippen LogP contribution is -2.24. The van der Waals surface area contributed by atoms with Crippen LogP contribution in [0.4, 0.5) is 0 Å². The molecule has 51 heavy (non-hydrogen) atoms. The standard InChI is InChI=1S/C49H38N2/c1-32-13-12-14-33-29-34(23-26-39(32)33)46-40-18-6-7-19-41(40)47(36-22-25-37-15-10-11-28-49(37,2)31-36)42-27-24-35(30-43(42)46)48-50-44-20-8-9-21-45(44)51(48)38-16-4-3-5-17-38/h3-12,14-32,37H,13H2,1-2H3. The Morgan fingerprint density at radius 3 is 2.33 bits per heavy atom. The van der Waals surface area contributed by atoms with Gasteiger partial charge in [0.2, 0.25) is 0 Å². The van der Waals surface area contributed by atoms with Crippen molar-refractivity contribution in [2.45, 2.75) is 26.2 Å². The number of imidazole rings is 1. The molecule has 3 aliphatic rings. The van der Waals surface area contributed by atoms with Gasteiger partial charge in [-0.25, -0.2) is 4.98 Å². The van der Waals surface area contributed by atoms with Crippen LogP contribution < -0.4 is 0 Å². The summed E-state index contributed by atoms with van der Waals surface area (Å²) in [5.41, 5.74) is 12.0. The van der Waals surface area contributed by atoms with Crippen LogP contribution in [0, 0.1) is 11.3 Å². The zero-order valence-corrected chi connectivity index (χ0v) is 28.9. The number of aromatic nitrogens is 2. The zero-order valence-electron chi connectivity index (χ0n) is 28.9. The smallest absolute Gasteiger partial charge is 0.145 e. The molecule has 0 aliphatic heterocycles. The predicted octanol–water partition coefficient (Wildman–Crippen LogP) is 12.9. The molecule has 0 N–H and O–H groups in total. The van der Waals surface area contributed by atoms with Crippen molar-refractivity contribution >= 4 is 44.2 Å². The molecule has 3 atom stereocenters. The fourth-order valence-electron chi connectivity index (χ4n) is 8.77. The van der Waals surface area contributed by atoms with Crippen LogP contribution in [0.15, 0.2) is 164 Å². The maximum atomic E-state index is 5.28. The van der Waals surface area contributed by atoms with E-state index >= 15 is 0 Å². The second kappa shape index (κ2) is 11.5. The maximum Gasteiger partial charge on any atom is 0.145 e. The molecule has 244 valence electrons. The molecule has 0 amide bonds. The maximum absolute atomic E-state index is 5.28. The molecule has 1 heterocycles. The monoisotopic (exact) mass is 654 g/mol. The summed E-state index contributed by atoms with van der Waals surface area (Å²) in [6, 6.07) is 42.3. The van der Waals surface area contributed by atoms with Gasteiger partial charge in [0.1, 0.15) is 5.82 Å². The molecule has 0 bridgehead atoms. The Kier molecular flexibility index (Phi) is 6.76. The van der Waals surface area contributed by atoms with Gasteiger partial charge in [-0.2, -0.15) is 0 Å². The summed E-state index contributed by atoms with van der Waals surface area (Å²) in [6.45, 7) is 4.69. The van der Waals surface area contributed by atoms with Crippen molar-refractivity contribution in [3.05, 3.63) is 181 Å². The molecule has 3 unspecified atom stereocenters. The van der Waals surface area contributed by atoms with E-state index in [1.165, 1.54) is 54.9 Å². The molecule has 2 nitrogen and oxygen atoms in total. The van der Waals surface area contributed by atoms with E-state index in [0.29, 0.717) is 11.8 Å². The minimum atomic E-state index is -0.0765. The van der Waals surface area contributed by atoms with E-state index in [0.717, 1.165) is 34.5 Å². The average molecular weight is 655 g/mol. The van der Waals surface area contributed by atoms with Crippen LogP contribution >= 0.6 is 0 Å². The van der Waals surface area contributed by atoms with Crippen LogP contribution in [0.25, 0.3) is 72.4 Å². The third-order valence-electron chi connectivity index (χ3n) is 11.4. The van der Waals surface area contributed by atoms with Gasteiger partial charge in [0, 0.05) is 22.6 Å². The number of hydrogen-bond donors (Lipinski definition) is 0. The van der Waals surface area contributed by atoms with Crippen LogP contribution in [-0.4, -0.2) is 9.55 Å². The van der Waals surface area contributed by atoms with Gasteiger partial charge in [0.25, 0.3) is 0 Å². The second-order valence-corrected chi connectivity index (χ2v) is 14.6. The molecule has 6 aromatic carbocycles. The third kappa shape index (κ3) is 4.74. The molecule has 0 spiro atoms. The van der Waals surface area contributed by atoms with E-state index in [1.54, 1.807) is 0 Å².